The Morgan fingerprint density at radius 2 is 2.09 bits per heavy atom. The SMILES string of the molecule is O=C(C1CCOCC1)N1[C@H](CO)[C@@H]2c3ccccc3NC[C@@H]21. The minimum Gasteiger partial charge on any atom is -0.394 e. The fourth-order valence-electron chi connectivity index (χ4n) is 4.23. The van der Waals surface area contributed by atoms with E-state index in [2.05, 4.69) is 17.4 Å². The lowest BCUT2D eigenvalue weighted by Crippen LogP contribution is -2.70. The Balaban J connectivity index is 1.57. The van der Waals surface area contributed by atoms with E-state index in [1.54, 1.807) is 0 Å². The largest absolute Gasteiger partial charge is 0.394 e. The lowest BCUT2D eigenvalue weighted by Gasteiger charge is -2.58. The summed E-state index contributed by atoms with van der Waals surface area (Å²) in [4.78, 5) is 14.8. The zero-order valence-corrected chi connectivity index (χ0v) is 12.6. The molecule has 1 aromatic carbocycles. The molecule has 3 heterocycles. The number of nitrogens with one attached hydrogen (secondary N) is 1. The second-order valence-electron chi connectivity index (χ2n) is 6.44. The second kappa shape index (κ2) is 5.56. The maximum absolute atomic E-state index is 12.8. The Bertz CT molecular complexity index is 571. The van der Waals surface area contributed by atoms with E-state index in [4.69, 9.17) is 4.74 Å². The summed E-state index contributed by atoms with van der Waals surface area (Å²) in [5.74, 6) is 0.511. The highest BCUT2D eigenvalue weighted by atomic mass is 16.5. The van der Waals surface area contributed by atoms with Gasteiger partial charge < -0.3 is 20.1 Å². The molecule has 1 amide bonds. The molecule has 3 atom stereocenters. The molecule has 118 valence electrons. The summed E-state index contributed by atoms with van der Waals surface area (Å²) in [7, 11) is 0. The molecule has 4 rings (SSSR count). The van der Waals surface area contributed by atoms with Gasteiger partial charge in [0, 0.05) is 37.3 Å². The summed E-state index contributed by atoms with van der Waals surface area (Å²) >= 11 is 0. The van der Waals surface area contributed by atoms with Crippen molar-refractivity contribution in [3.63, 3.8) is 0 Å². The molecule has 0 radical (unpaired) electrons. The lowest BCUT2D eigenvalue weighted by molar-refractivity contribution is -0.157. The number of benzene rings is 1. The van der Waals surface area contributed by atoms with Crippen LogP contribution < -0.4 is 5.32 Å². The van der Waals surface area contributed by atoms with E-state index in [0.717, 1.165) is 25.1 Å². The van der Waals surface area contributed by atoms with Crippen molar-refractivity contribution in [1.82, 2.24) is 4.90 Å². The number of para-hydroxylation sites is 1. The molecule has 5 nitrogen and oxygen atoms in total. The summed E-state index contributed by atoms with van der Waals surface area (Å²) in [6.45, 7) is 2.14. The van der Waals surface area contributed by atoms with Crippen molar-refractivity contribution in [3.05, 3.63) is 29.8 Å². The highest BCUT2D eigenvalue weighted by Gasteiger charge is 2.54. The summed E-state index contributed by atoms with van der Waals surface area (Å²) < 4.78 is 5.36. The number of ether oxygens (including phenoxy) is 1. The molecule has 1 aromatic rings. The maximum atomic E-state index is 12.8. The quantitative estimate of drug-likeness (QED) is 0.861. The van der Waals surface area contributed by atoms with Crippen molar-refractivity contribution < 1.29 is 14.6 Å². The van der Waals surface area contributed by atoms with Crippen molar-refractivity contribution in [2.24, 2.45) is 5.92 Å². The van der Waals surface area contributed by atoms with Crippen LogP contribution in [0.5, 0.6) is 0 Å². The molecule has 0 spiro atoms. The summed E-state index contributed by atoms with van der Waals surface area (Å²) in [6.07, 6.45) is 1.60. The van der Waals surface area contributed by atoms with Gasteiger partial charge in [0.1, 0.15) is 0 Å². The first-order valence-electron chi connectivity index (χ1n) is 8.15. The molecular weight excluding hydrogens is 280 g/mol. The van der Waals surface area contributed by atoms with Gasteiger partial charge in [0.15, 0.2) is 0 Å². The van der Waals surface area contributed by atoms with Crippen LogP contribution in [0.15, 0.2) is 24.3 Å². The van der Waals surface area contributed by atoms with Crippen molar-refractivity contribution >= 4 is 11.6 Å². The number of carbonyl (C=O) groups excluding carboxylic acids is 1. The Kier molecular flexibility index (Phi) is 3.54. The first-order chi connectivity index (χ1) is 10.8. The molecule has 0 aliphatic carbocycles. The highest BCUT2D eigenvalue weighted by Crippen LogP contribution is 2.46. The van der Waals surface area contributed by atoms with Gasteiger partial charge in [-0.2, -0.15) is 0 Å². The van der Waals surface area contributed by atoms with E-state index in [0.29, 0.717) is 13.2 Å². The molecule has 22 heavy (non-hydrogen) atoms. The number of hydrogen-bond donors (Lipinski definition) is 2. The number of likely N-dealkylation sites (tertiary alicyclic amines) is 1. The Hall–Kier alpha value is -1.59. The van der Waals surface area contributed by atoms with E-state index < -0.39 is 0 Å². The summed E-state index contributed by atoms with van der Waals surface area (Å²) in [5.41, 5.74) is 2.37. The Labute approximate surface area is 130 Å². The minimum atomic E-state index is -0.0800. The average Bonchev–Trinajstić information content (AvgIpc) is 2.56. The fraction of sp³-hybridized carbons (Fsp3) is 0.588. The summed E-state index contributed by atoms with van der Waals surface area (Å²) in [5, 5.41) is 13.3. The lowest BCUT2D eigenvalue weighted by atomic mass is 9.71. The molecule has 5 heteroatoms. The predicted octanol–water partition coefficient (Wildman–Crippen LogP) is 1.19. The topological polar surface area (TPSA) is 61.8 Å². The van der Waals surface area contributed by atoms with Gasteiger partial charge in [-0.15, -0.1) is 0 Å². The number of nitrogens with zero attached hydrogens (tertiary/aromatic N) is 1. The molecule has 2 saturated heterocycles. The molecule has 0 aromatic heterocycles. The highest BCUT2D eigenvalue weighted by molar-refractivity contribution is 5.82. The van der Waals surface area contributed by atoms with E-state index >= 15 is 0 Å². The molecule has 3 aliphatic rings. The number of fused-ring (bicyclic) bond motifs is 3. The van der Waals surface area contributed by atoms with Crippen molar-refractivity contribution in [1.29, 1.82) is 0 Å². The summed E-state index contributed by atoms with van der Waals surface area (Å²) in [6, 6.07) is 8.32. The van der Waals surface area contributed by atoms with Crippen LogP contribution in [0.1, 0.15) is 24.3 Å². The average molecular weight is 302 g/mol. The van der Waals surface area contributed by atoms with Crippen molar-refractivity contribution in [2.45, 2.75) is 30.8 Å². The molecule has 2 N–H and O–H groups in total. The minimum absolute atomic E-state index is 0.0322. The van der Waals surface area contributed by atoms with Gasteiger partial charge in [0.05, 0.1) is 18.7 Å². The molecule has 2 fully saturated rings. The van der Waals surface area contributed by atoms with Crippen LogP contribution in [0.4, 0.5) is 5.69 Å². The number of carbonyl (C=O) groups is 1. The zero-order chi connectivity index (χ0) is 15.1. The normalized spacial score (nSPS) is 30.8. The van der Waals surface area contributed by atoms with Crippen LogP contribution in [-0.2, 0) is 9.53 Å². The monoisotopic (exact) mass is 302 g/mol. The maximum Gasteiger partial charge on any atom is 0.226 e. The number of rotatable bonds is 2. The van der Waals surface area contributed by atoms with E-state index in [9.17, 15) is 9.90 Å². The van der Waals surface area contributed by atoms with Crippen LogP contribution in [-0.4, -0.2) is 54.4 Å². The second-order valence-corrected chi connectivity index (χ2v) is 6.44. The van der Waals surface area contributed by atoms with Gasteiger partial charge in [-0.3, -0.25) is 4.79 Å². The van der Waals surface area contributed by atoms with Gasteiger partial charge in [-0.1, -0.05) is 18.2 Å². The number of hydrogen-bond acceptors (Lipinski definition) is 4. The molecule has 0 bridgehead atoms. The number of amides is 1. The number of aliphatic hydroxyl groups is 1. The molecule has 0 unspecified atom stereocenters. The third-order valence-corrected chi connectivity index (χ3v) is 5.38. The van der Waals surface area contributed by atoms with E-state index in [1.807, 2.05) is 17.0 Å². The fourth-order valence-corrected chi connectivity index (χ4v) is 4.23. The van der Waals surface area contributed by atoms with Crippen LogP contribution in [0.2, 0.25) is 0 Å². The molecular formula is C17H22N2O3. The Morgan fingerprint density at radius 3 is 2.86 bits per heavy atom. The first kappa shape index (κ1) is 14.0. The zero-order valence-electron chi connectivity index (χ0n) is 12.6. The van der Waals surface area contributed by atoms with Gasteiger partial charge >= 0.3 is 0 Å². The molecule has 0 saturated carbocycles. The van der Waals surface area contributed by atoms with Gasteiger partial charge in [0.25, 0.3) is 0 Å². The van der Waals surface area contributed by atoms with Crippen molar-refractivity contribution in [2.75, 3.05) is 31.7 Å². The third-order valence-electron chi connectivity index (χ3n) is 5.38. The van der Waals surface area contributed by atoms with Crippen LogP contribution in [0.3, 0.4) is 0 Å². The van der Waals surface area contributed by atoms with E-state index in [-0.39, 0.29) is 36.4 Å². The third kappa shape index (κ3) is 2.03. The van der Waals surface area contributed by atoms with Gasteiger partial charge in [-0.25, -0.2) is 0 Å². The molecule has 3 aliphatic heterocycles. The van der Waals surface area contributed by atoms with E-state index in [1.165, 1.54) is 5.56 Å². The predicted molar refractivity (Wildman–Crippen MR) is 82.7 cm³/mol. The first-order valence-corrected chi connectivity index (χ1v) is 8.15. The van der Waals surface area contributed by atoms with Crippen LogP contribution in [0, 0.1) is 5.92 Å². The van der Waals surface area contributed by atoms with Crippen LogP contribution in [0.25, 0.3) is 0 Å². The van der Waals surface area contributed by atoms with Crippen LogP contribution >= 0.6 is 0 Å². The number of aliphatic hydroxyl groups excluding tert-OH is 1. The number of anilines is 1. The van der Waals surface area contributed by atoms with Crippen molar-refractivity contribution in [3.8, 4) is 0 Å². The Morgan fingerprint density at radius 1 is 1.32 bits per heavy atom. The smallest absolute Gasteiger partial charge is 0.226 e. The van der Waals surface area contributed by atoms with Gasteiger partial charge in [-0.05, 0) is 24.5 Å². The standard InChI is InChI=1S/C17H22N2O3/c20-10-15-16-12-3-1-2-4-13(12)18-9-14(16)19(15)17(21)11-5-7-22-8-6-11/h1-4,11,14-16,18,20H,5-10H2/t14-,15+,16+/m0/s1. The van der Waals surface area contributed by atoms with Gasteiger partial charge in [0.2, 0.25) is 5.91 Å².